The molecule has 0 aliphatic carbocycles. The number of carbonyl (C=O) groups excluding carboxylic acids is 1. The fraction of sp³-hybridized carbons (Fsp3) is 0.158. The van der Waals surface area contributed by atoms with E-state index in [1.807, 2.05) is 0 Å². The number of nitrogens with zero attached hydrogens (tertiary/aromatic N) is 1. The lowest BCUT2D eigenvalue weighted by atomic mass is 10.1. The van der Waals surface area contributed by atoms with Crippen LogP contribution in [0.1, 0.15) is 17.3 Å². The zero-order valence-corrected chi connectivity index (χ0v) is 15.8. The van der Waals surface area contributed by atoms with Crippen LogP contribution < -0.4 is 10.1 Å². The van der Waals surface area contributed by atoms with Crippen molar-refractivity contribution in [2.75, 3.05) is 19.0 Å². The largest absolute Gasteiger partial charge is 0.497 e. The fourth-order valence-corrected chi connectivity index (χ4v) is 2.80. The molecule has 1 aromatic heterocycles. The van der Waals surface area contributed by atoms with Crippen molar-refractivity contribution in [2.24, 2.45) is 0 Å². The molecule has 0 atom stereocenters. The smallest absolute Gasteiger partial charge is 0.341 e. The molecule has 0 bridgehead atoms. The number of aromatic nitrogens is 1. The normalized spacial score (nSPS) is 10.6. The average molecular weight is 419 g/mol. The van der Waals surface area contributed by atoms with Crippen LogP contribution in [0.5, 0.6) is 5.75 Å². The molecular weight excluding hydrogens is 403 g/mol. The molecule has 0 aliphatic rings. The molecule has 0 spiro atoms. The van der Waals surface area contributed by atoms with Gasteiger partial charge in [-0.05, 0) is 59.3 Å². The average Bonchev–Trinajstić information content (AvgIpc) is 2.63. The highest BCUT2D eigenvalue weighted by molar-refractivity contribution is 9.10. The van der Waals surface area contributed by atoms with Crippen LogP contribution in [0, 0.1) is 5.82 Å². The van der Waals surface area contributed by atoms with Crippen LogP contribution in [-0.2, 0) is 4.74 Å². The number of rotatable bonds is 5. The molecule has 0 unspecified atom stereocenters. The van der Waals surface area contributed by atoms with Crippen LogP contribution in [0.15, 0.2) is 46.9 Å². The van der Waals surface area contributed by atoms with Crippen LogP contribution in [0.25, 0.3) is 10.9 Å². The Morgan fingerprint density at radius 1 is 1.23 bits per heavy atom. The second-order valence-electron chi connectivity index (χ2n) is 5.42. The van der Waals surface area contributed by atoms with Crippen molar-refractivity contribution >= 4 is 44.3 Å². The molecule has 7 heteroatoms. The second kappa shape index (κ2) is 7.70. The van der Waals surface area contributed by atoms with Crippen LogP contribution in [-0.4, -0.2) is 24.7 Å². The van der Waals surface area contributed by atoms with Gasteiger partial charge in [-0.15, -0.1) is 0 Å². The van der Waals surface area contributed by atoms with Gasteiger partial charge in [0.15, 0.2) is 0 Å². The number of halogens is 2. The van der Waals surface area contributed by atoms with Crippen molar-refractivity contribution in [2.45, 2.75) is 6.92 Å². The van der Waals surface area contributed by atoms with Gasteiger partial charge in [-0.3, -0.25) is 0 Å². The van der Waals surface area contributed by atoms with E-state index in [1.54, 1.807) is 50.4 Å². The molecule has 2 aromatic carbocycles. The van der Waals surface area contributed by atoms with E-state index < -0.39 is 11.8 Å². The quantitative estimate of drug-likeness (QED) is 0.586. The van der Waals surface area contributed by atoms with Crippen molar-refractivity contribution in [3.05, 3.63) is 58.3 Å². The molecule has 134 valence electrons. The number of anilines is 2. The number of hydrogen-bond acceptors (Lipinski definition) is 5. The molecule has 0 fully saturated rings. The molecule has 1 heterocycles. The van der Waals surface area contributed by atoms with Gasteiger partial charge in [-0.1, -0.05) is 0 Å². The summed E-state index contributed by atoms with van der Waals surface area (Å²) in [7, 11) is 1.58. The Balaban J connectivity index is 2.08. The molecule has 0 saturated heterocycles. The first-order valence-electron chi connectivity index (χ1n) is 7.89. The molecule has 0 saturated carbocycles. The Labute approximate surface area is 158 Å². The summed E-state index contributed by atoms with van der Waals surface area (Å²) in [5.74, 6) is 0.0741. The highest BCUT2D eigenvalue weighted by Gasteiger charge is 2.17. The van der Waals surface area contributed by atoms with Crippen molar-refractivity contribution in [1.29, 1.82) is 0 Å². The van der Waals surface area contributed by atoms with Crippen molar-refractivity contribution in [1.82, 2.24) is 4.98 Å². The fourth-order valence-electron chi connectivity index (χ4n) is 2.44. The molecule has 26 heavy (non-hydrogen) atoms. The maximum absolute atomic E-state index is 13.9. The maximum atomic E-state index is 13.9. The summed E-state index contributed by atoms with van der Waals surface area (Å²) in [5.41, 5.74) is 1.41. The first-order chi connectivity index (χ1) is 12.5. The van der Waals surface area contributed by atoms with Gasteiger partial charge in [0.2, 0.25) is 0 Å². The Morgan fingerprint density at radius 2 is 1.96 bits per heavy atom. The predicted octanol–water partition coefficient (Wildman–Crippen LogP) is 5.07. The van der Waals surface area contributed by atoms with E-state index in [-0.39, 0.29) is 12.2 Å². The molecule has 0 aliphatic heterocycles. The highest BCUT2D eigenvalue weighted by Crippen LogP contribution is 2.28. The number of carbonyl (C=O) groups is 1. The summed E-state index contributed by atoms with van der Waals surface area (Å²) in [6.07, 6.45) is 0. The van der Waals surface area contributed by atoms with E-state index in [0.29, 0.717) is 32.6 Å². The Hall–Kier alpha value is -2.67. The topological polar surface area (TPSA) is 60.5 Å². The van der Waals surface area contributed by atoms with Gasteiger partial charge in [0.05, 0.1) is 23.7 Å². The zero-order chi connectivity index (χ0) is 18.7. The summed E-state index contributed by atoms with van der Waals surface area (Å²) < 4.78 is 24.4. The first kappa shape index (κ1) is 18.1. The Morgan fingerprint density at radius 3 is 2.62 bits per heavy atom. The van der Waals surface area contributed by atoms with Gasteiger partial charge in [-0.25, -0.2) is 14.2 Å². The number of nitrogens with one attached hydrogen (secondary N) is 1. The number of benzene rings is 2. The molecule has 3 aromatic rings. The van der Waals surface area contributed by atoms with Crippen LogP contribution >= 0.6 is 15.9 Å². The summed E-state index contributed by atoms with van der Waals surface area (Å²) >= 11 is 3.15. The number of esters is 1. The van der Waals surface area contributed by atoms with E-state index >= 15 is 0 Å². The zero-order valence-electron chi connectivity index (χ0n) is 14.2. The van der Waals surface area contributed by atoms with Gasteiger partial charge in [0.1, 0.15) is 22.9 Å². The minimum Gasteiger partial charge on any atom is -0.497 e. The first-order valence-corrected chi connectivity index (χ1v) is 8.69. The Bertz CT molecular complexity index is 961. The summed E-state index contributed by atoms with van der Waals surface area (Å²) in [6, 6.07) is 11.7. The third-order valence-electron chi connectivity index (χ3n) is 3.70. The molecule has 0 radical (unpaired) electrons. The number of ether oxygens (including phenoxy) is 2. The summed E-state index contributed by atoms with van der Waals surface area (Å²) in [4.78, 5) is 16.8. The van der Waals surface area contributed by atoms with Gasteiger partial charge < -0.3 is 14.8 Å². The van der Waals surface area contributed by atoms with Crippen LogP contribution in [0.2, 0.25) is 0 Å². The SMILES string of the molecule is CCOC(=O)c1cc2cc(Br)c(F)cc2nc1Nc1ccc(OC)cc1. The molecule has 1 N–H and O–H groups in total. The molecule has 0 amide bonds. The van der Waals surface area contributed by atoms with Crippen molar-refractivity contribution in [3.63, 3.8) is 0 Å². The Kier molecular flexibility index (Phi) is 5.37. The summed E-state index contributed by atoms with van der Waals surface area (Å²) in [5, 5.41) is 3.71. The highest BCUT2D eigenvalue weighted by atomic mass is 79.9. The van der Waals surface area contributed by atoms with Gasteiger partial charge in [0.25, 0.3) is 0 Å². The van der Waals surface area contributed by atoms with E-state index in [4.69, 9.17) is 9.47 Å². The second-order valence-corrected chi connectivity index (χ2v) is 6.27. The minimum absolute atomic E-state index is 0.242. The van der Waals surface area contributed by atoms with Gasteiger partial charge in [-0.2, -0.15) is 0 Å². The maximum Gasteiger partial charge on any atom is 0.341 e. The van der Waals surface area contributed by atoms with E-state index in [0.717, 1.165) is 0 Å². The molecular formula is C19H16BrFN2O3. The van der Waals surface area contributed by atoms with Crippen LogP contribution in [0.3, 0.4) is 0 Å². The lowest BCUT2D eigenvalue weighted by Crippen LogP contribution is -2.09. The number of fused-ring (bicyclic) bond motifs is 1. The van der Waals surface area contributed by atoms with E-state index in [1.165, 1.54) is 6.07 Å². The van der Waals surface area contributed by atoms with E-state index in [2.05, 4.69) is 26.2 Å². The predicted molar refractivity (Wildman–Crippen MR) is 102 cm³/mol. The molecule has 3 rings (SSSR count). The number of hydrogen-bond donors (Lipinski definition) is 1. The molecule has 5 nitrogen and oxygen atoms in total. The van der Waals surface area contributed by atoms with Crippen LogP contribution in [0.4, 0.5) is 15.9 Å². The van der Waals surface area contributed by atoms with Crippen molar-refractivity contribution in [3.8, 4) is 5.75 Å². The lowest BCUT2D eigenvalue weighted by molar-refractivity contribution is 0.0527. The van der Waals surface area contributed by atoms with E-state index in [9.17, 15) is 9.18 Å². The minimum atomic E-state index is -0.502. The number of pyridine rings is 1. The third-order valence-corrected chi connectivity index (χ3v) is 4.31. The third kappa shape index (κ3) is 3.77. The van der Waals surface area contributed by atoms with Gasteiger partial charge >= 0.3 is 5.97 Å². The summed E-state index contributed by atoms with van der Waals surface area (Å²) in [6.45, 7) is 1.97. The van der Waals surface area contributed by atoms with Gasteiger partial charge in [0, 0.05) is 17.1 Å². The van der Waals surface area contributed by atoms with Crippen molar-refractivity contribution < 1.29 is 18.7 Å². The number of methoxy groups -OCH3 is 1. The monoisotopic (exact) mass is 418 g/mol. The lowest BCUT2D eigenvalue weighted by Gasteiger charge is -2.13. The standard InChI is InChI=1S/C19H16BrFN2O3/c1-3-26-19(24)14-8-11-9-15(20)16(21)10-17(11)23-18(14)22-12-4-6-13(25-2)7-5-12/h4-10H,3H2,1-2H3,(H,22,23).